The van der Waals surface area contributed by atoms with Crippen molar-refractivity contribution in [2.45, 2.75) is 27.4 Å². The van der Waals surface area contributed by atoms with Gasteiger partial charge in [0.1, 0.15) is 11.5 Å². The number of aromatic hydroxyl groups is 1. The molecule has 1 aromatic heterocycles. The minimum absolute atomic E-state index is 0.0871. The minimum Gasteiger partial charge on any atom is -0.505 e. The van der Waals surface area contributed by atoms with Crippen LogP contribution in [0.1, 0.15) is 27.9 Å². The molecule has 3 N–H and O–H groups in total. The van der Waals surface area contributed by atoms with Crippen LogP contribution in [0.2, 0.25) is 0 Å². The zero-order chi connectivity index (χ0) is 18.4. The van der Waals surface area contributed by atoms with Gasteiger partial charge >= 0.3 is 0 Å². The van der Waals surface area contributed by atoms with E-state index in [9.17, 15) is 15.0 Å². The number of aryl methyl sites for hydroxylation is 3. The Morgan fingerprint density at radius 2 is 2.08 bits per heavy atom. The van der Waals surface area contributed by atoms with E-state index >= 15 is 0 Å². The molecule has 2 rings (SSSR count). The number of nitrogens with zero attached hydrogens (tertiary/aromatic N) is 2. The second-order valence-electron chi connectivity index (χ2n) is 5.62. The van der Waals surface area contributed by atoms with Crippen LogP contribution in [-0.2, 0) is 11.4 Å². The van der Waals surface area contributed by atoms with E-state index in [4.69, 9.17) is 4.74 Å². The second-order valence-corrected chi connectivity index (χ2v) is 5.62. The first-order valence-corrected chi connectivity index (χ1v) is 7.72. The molecule has 1 amide bonds. The number of carbonyl (C=O) groups is 1. The molecule has 0 spiro atoms. The van der Waals surface area contributed by atoms with Gasteiger partial charge in [-0.05, 0) is 44.0 Å². The molecule has 7 nitrogen and oxygen atoms in total. The summed E-state index contributed by atoms with van der Waals surface area (Å²) >= 11 is 0. The van der Waals surface area contributed by atoms with E-state index in [0.717, 1.165) is 11.1 Å². The summed E-state index contributed by atoms with van der Waals surface area (Å²) in [6, 6.07) is 5.58. The zero-order valence-electron chi connectivity index (χ0n) is 14.4. The summed E-state index contributed by atoms with van der Waals surface area (Å²) in [6.45, 7) is 5.11. The highest BCUT2D eigenvalue weighted by molar-refractivity contribution is 5.87. The number of carbonyl (C=O) groups excluding carboxylic acids is 1. The molecule has 0 aliphatic rings. The summed E-state index contributed by atoms with van der Waals surface area (Å²) in [5.41, 5.74) is 5.67. The molecule has 0 saturated heterocycles. The van der Waals surface area contributed by atoms with E-state index in [1.807, 2.05) is 26.0 Å². The molecule has 25 heavy (non-hydrogen) atoms. The Balaban J connectivity index is 1.95. The lowest BCUT2D eigenvalue weighted by molar-refractivity contribution is -0.123. The Labute approximate surface area is 146 Å². The van der Waals surface area contributed by atoms with Crippen molar-refractivity contribution in [1.82, 2.24) is 10.4 Å². The van der Waals surface area contributed by atoms with Gasteiger partial charge in [0.25, 0.3) is 5.91 Å². The molecule has 0 bridgehead atoms. The van der Waals surface area contributed by atoms with Crippen molar-refractivity contribution in [2.24, 2.45) is 5.10 Å². The van der Waals surface area contributed by atoms with Crippen LogP contribution in [0.3, 0.4) is 0 Å². The Bertz CT molecular complexity index is 803. The molecular weight excluding hydrogens is 322 g/mol. The van der Waals surface area contributed by atoms with Crippen LogP contribution >= 0.6 is 0 Å². The topological polar surface area (TPSA) is 104 Å². The highest BCUT2D eigenvalue weighted by Crippen LogP contribution is 2.21. The van der Waals surface area contributed by atoms with Crippen LogP contribution in [0.5, 0.6) is 11.5 Å². The van der Waals surface area contributed by atoms with Gasteiger partial charge in [0.15, 0.2) is 6.61 Å². The van der Waals surface area contributed by atoms with E-state index in [2.05, 4.69) is 15.5 Å². The van der Waals surface area contributed by atoms with Crippen molar-refractivity contribution in [3.63, 3.8) is 0 Å². The van der Waals surface area contributed by atoms with Crippen LogP contribution < -0.4 is 10.2 Å². The molecule has 0 unspecified atom stereocenters. The normalized spacial score (nSPS) is 10.9. The zero-order valence-corrected chi connectivity index (χ0v) is 14.4. The van der Waals surface area contributed by atoms with Crippen molar-refractivity contribution in [3.05, 3.63) is 52.3 Å². The molecule has 7 heteroatoms. The summed E-state index contributed by atoms with van der Waals surface area (Å²) in [7, 11) is 0. The van der Waals surface area contributed by atoms with Crippen LogP contribution in [0.4, 0.5) is 0 Å². The Kier molecular flexibility index (Phi) is 6.08. The molecule has 2 aromatic rings. The fraction of sp³-hybridized carbons (Fsp3) is 0.278. The van der Waals surface area contributed by atoms with Crippen LogP contribution in [-0.4, -0.2) is 33.9 Å². The number of rotatable bonds is 6. The number of ether oxygens (including phenoxy) is 1. The lowest BCUT2D eigenvalue weighted by Gasteiger charge is -2.08. The smallest absolute Gasteiger partial charge is 0.277 e. The van der Waals surface area contributed by atoms with Crippen molar-refractivity contribution < 1.29 is 19.7 Å². The van der Waals surface area contributed by atoms with Gasteiger partial charge in [0.05, 0.1) is 18.5 Å². The van der Waals surface area contributed by atoms with Gasteiger partial charge in [0, 0.05) is 17.3 Å². The third kappa shape index (κ3) is 4.77. The standard InChI is InChI=1S/C18H21N3O4/c1-11-4-5-15(6-12(11)2)25-10-17(23)21-20-8-16-14(9-22)7-19-13(3)18(16)24/h4-8,22,24H,9-10H2,1-3H3,(H,21,23)/b20-8+. The number of hydrogen-bond donors (Lipinski definition) is 3. The van der Waals surface area contributed by atoms with Crippen molar-refractivity contribution in [2.75, 3.05) is 6.61 Å². The minimum atomic E-state index is -0.440. The van der Waals surface area contributed by atoms with Gasteiger partial charge in [-0.25, -0.2) is 5.43 Å². The fourth-order valence-corrected chi connectivity index (χ4v) is 2.08. The lowest BCUT2D eigenvalue weighted by Crippen LogP contribution is -2.24. The van der Waals surface area contributed by atoms with Crippen molar-refractivity contribution in [1.29, 1.82) is 0 Å². The SMILES string of the molecule is Cc1ccc(OCC(=O)N/N=C/c2c(CO)cnc(C)c2O)cc1C. The molecule has 0 atom stereocenters. The first-order valence-electron chi connectivity index (χ1n) is 7.72. The highest BCUT2D eigenvalue weighted by Gasteiger charge is 2.09. The average Bonchev–Trinajstić information content (AvgIpc) is 2.60. The molecule has 0 aliphatic carbocycles. The number of aromatic nitrogens is 1. The third-order valence-electron chi connectivity index (χ3n) is 3.76. The number of aliphatic hydroxyl groups is 1. The average molecular weight is 343 g/mol. The quantitative estimate of drug-likeness (QED) is 0.547. The molecule has 0 saturated carbocycles. The van der Waals surface area contributed by atoms with Gasteiger partial charge in [-0.3, -0.25) is 9.78 Å². The summed E-state index contributed by atoms with van der Waals surface area (Å²) in [5, 5.41) is 23.0. The first-order chi connectivity index (χ1) is 11.9. The molecular formula is C18H21N3O4. The van der Waals surface area contributed by atoms with Crippen LogP contribution in [0, 0.1) is 20.8 Å². The largest absolute Gasteiger partial charge is 0.505 e. The van der Waals surface area contributed by atoms with E-state index in [1.54, 1.807) is 13.0 Å². The molecule has 132 valence electrons. The number of benzene rings is 1. The predicted molar refractivity (Wildman–Crippen MR) is 93.7 cm³/mol. The van der Waals surface area contributed by atoms with E-state index in [0.29, 0.717) is 22.6 Å². The molecule has 0 fully saturated rings. The number of aliphatic hydroxyl groups excluding tert-OH is 1. The summed E-state index contributed by atoms with van der Waals surface area (Å²) in [4.78, 5) is 15.7. The summed E-state index contributed by atoms with van der Waals surface area (Å²) in [6.07, 6.45) is 2.71. The highest BCUT2D eigenvalue weighted by atomic mass is 16.5. The van der Waals surface area contributed by atoms with Crippen molar-refractivity contribution >= 4 is 12.1 Å². The Morgan fingerprint density at radius 1 is 1.32 bits per heavy atom. The maximum atomic E-state index is 11.8. The second kappa shape index (κ2) is 8.25. The third-order valence-corrected chi connectivity index (χ3v) is 3.76. The van der Waals surface area contributed by atoms with E-state index in [1.165, 1.54) is 12.4 Å². The van der Waals surface area contributed by atoms with Gasteiger partial charge in [-0.1, -0.05) is 6.07 Å². The maximum Gasteiger partial charge on any atom is 0.277 e. The Morgan fingerprint density at radius 3 is 2.76 bits per heavy atom. The number of hydrogen-bond acceptors (Lipinski definition) is 6. The van der Waals surface area contributed by atoms with Crippen LogP contribution in [0.15, 0.2) is 29.5 Å². The van der Waals surface area contributed by atoms with Crippen molar-refractivity contribution in [3.8, 4) is 11.5 Å². The summed E-state index contributed by atoms with van der Waals surface area (Å²) in [5.74, 6) is 0.0772. The van der Waals surface area contributed by atoms with Gasteiger partial charge < -0.3 is 14.9 Å². The predicted octanol–water partition coefficient (Wildman–Crippen LogP) is 1.73. The lowest BCUT2D eigenvalue weighted by atomic mass is 10.1. The number of pyridine rings is 1. The van der Waals surface area contributed by atoms with Crippen LogP contribution in [0.25, 0.3) is 0 Å². The molecule has 0 radical (unpaired) electrons. The van der Waals surface area contributed by atoms with E-state index < -0.39 is 5.91 Å². The fourth-order valence-electron chi connectivity index (χ4n) is 2.08. The number of nitrogens with one attached hydrogen (secondary N) is 1. The molecule has 1 aromatic carbocycles. The first kappa shape index (κ1) is 18.4. The van der Waals surface area contributed by atoms with Gasteiger partial charge in [-0.2, -0.15) is 5.10 Å². The van der Waals surface area contributed by atoms with Gasteiger partial charge in [-0.15, -0.1) is 0 Å². The number of hydrazone groups is 1. The monoisotopic (exact) mass is 343 g/mol. The Hall–Kier alpha value is -2.93. The molecule has 1 heterocycles. The molecule has 0 aliphatic heterocycles. The van der Waals surface area contributed by atoms with Gasteiger partial charge in [0.2, 0.25) is 0 Å². The number of amides is 1. The van der Waals surface area contributed by atoms with E-state index in [-0.39, 0.29) is 19.0 Å². The maximum absolute atomic E-state index is 11.8. The summed E-state index contributed by atoms with van der Waals surface area (Å²) < 4.78 is 5.41.